The first kappa shape index (κ1) is 23.1. The second-order valence-electron chi connectivity index (χ2n) is 7.60. The van der Waals surface area contributed by atoms with Crippen molar-refractivity contribution in [3.05, 3.63) is 59.7 Å². The lowest BCUT2D eigenvalue weighted by molar-refractivity contribution is -0.137. The molecule has 3 amide bonds. The summed E-state index contributed by atoms with van der Waals surface area (Å²) in [7, 11) is -4.49. The summed E-state index contributed by atoms with van der Waals surface area (Å²) in [6.45, 7) is -0.464. The van der Waals surface area contributed by atoms with E-state index in [-0.39, 0.29) is 24.5 Å². The normalized spacial score (nSPS) is 16.4. The van der Waals surface area contributed by atoms with E-state index in [2.05, 4.69) is 10.1 Å². The Balaban J connectivity index is 1.57. The number of anilines is 1. The molecule has 2 aliphatic rings. The highest BCUT2D eigenvalue weighted by atomic mass is 32.2. The first-order chi connectivity index (χ1) is 16.0. The van der Waals surface area contributed by atoms with E-state index >= 15 is 0 Å². The van der Waals surface area contributed by atoms with Crippen molar-refractivity contribution in [3.63, 3.8) is 0 Å². The molecule has 2 aromatic carbocycles. The number of amides is 3. The van der Waals surface area contributed by atoms with Gasteiger partial charge in [0.05, 0.1) is 4.90 Å². The van der Waals surface area contributed by atoms with Crippen LogP contribution in [0.4, 0.5) is 10.5 Å². The largest absolute Gasteiger partial charge is 0.550 e. The van der Waals surface area contributed by atoms with Gasteiger partial charge in [-0.15, -0.1) is 0 Å². The highest BCUT2D eigenvalue weighted by Gasteiger charge is 2.32. The van der Waals surface area contributed by atoms with E-state index in [9.17, 15) is 37.3 Å². The Bertz CT molecular complexity index is 1350. The summed E-state index contributed by atoms with van der Waals surface area (Å²) in [6.07, 6.45) is 0.359. The molecule has 1 atom stereocenters. The second kappa shape index (κ2) is 8.72. The van der Waals surface area contributed by atoms with Crippen molar-refractivity contribution in [3.8, 4) is 11.1 Å². The van der Waals surface area contributed by atoms with Crippen molar-refractivity contribution in [2.24, 2.45) is 0 Å². The summed E-state index contributed by atoms with van der Waals surface area (Å²) in [6, 6.07) is 8.83. The minimum absolute atomic E-state index is 0.0899. The maximum atomic E-state index is 12.4. The molecule has 1 unspecified atom stereocenters. The third-order valence-electron chi connectivity index (χ3n) is 5.53. The van der Waals surface area contributed by atoms with Gasteiger partial charge < -0.3 is 10.1 Å². The van der Waals surface area contributed by atoms with Gasteiger partial charge in [-0.05, 0) is 46.5 Å². The maximum absolute atomic E-state index is 12.4. The van der Waals surface area contributed by atoms with Crippen LogP contribution in [-0.4, -0.2) is 54.9 Å². The van der Waals surface area contributed by atoms with E-state index in [1.54, 1.807) is 18.2 Å². The molecule has 0 saturated heterocycles. The molecule has 1 heterocycles. The standard InChI is InChI=1S/C22H17N2O9S/c25-19(7-8-24-20(26)5-6-21(24)27)23-12-1-3-14-15-4-2-13(34(30,31)32)10-17(15)18(16(14)9-12)11-33-22(28)29/h1-6,9-10,18H,7-8,11H2,(H,23,25)(H,30,31,32). The van der Waals surface area contributed by atoms with Crippen LogP contribution >= 0.6 is 0 Å². The van der Waals surface area contributed by atoms with Crippen LogP contribution < -0.4 is 5.32 Å². The van der Waals surface area contributed by atoms with Gasteiger partial charge in [0.2, 0.25) is 5.91 Å². The lowest BCUT2D eigenvalue weighted by Crippen LogP contribution is -2.33. The molecule has 1 aliphatic heterocycles. The minimum Gasteiger partial charge on any atom is -0.431 e. The van der Waals surface area contributed by atoms with Crippen molar-refractivity contribution in [1.29, 1.82) is 0 Å². The number of rotatable bonds is 7. The fourth-order valence-electron chi connectivity index (χ4n) is 4.00. The van der Waals surface area contributed by atoms with E-state index in [4.69, 9.17) is 0 Å². The van der Waals surface area contributed by atoms with E-state index in [0.717, 1.165) is 17.1 Å². The third-order valence-corrected chi connectivity index (χ3v) is 6.38. The number of nitrogens with one attached hydrogen (secondary N) is 1. The zero-order valence-electron chi connectivity index (χ0n) is 17.4. The fraction of sp³-hybridized carbons (Fsp3) is 0.182. The monoisotopic (exact) mass is 485 g/mol. The van der Waals surface area contributed by atoms with Gasteiger partial charge in [-0.1, -0.05) is 12.1 Å². The minimum atomic E-state index is -4.49. The quantitative estimate of drug-likeness (QED) is 0.340. The molecule has 0 fully saturated rings. The van der Waals surface area contributed by atoms with Crippen LogP contribution in [0.2, 0.25) is 0 Å². The van der Waals surface area contributed by atoms with Crippen molar-refractivity contribution in [2.75, 3.05) is 18.5 Å². The van der Waals surface area contributed by atoms with Gasteiger partial charge in [0.1, 0.15) is 6.61 Å². The van der Waals surface area contributed by atoms with Crippen LogP contribution in [0.3, 0.4) is 0 Å². The molecule has 0 spiro atoms. The van der Waals surface area contributed by atoms with Crippen LogP contribution in [0.25, 0.3) is 11.1 Å². The molecular weight excluding hydrogens is 468 g/mol. The predicted octanol–water partition coefficient (Wildman–Crippen LogP) is 1.87. The summed E-state index contributed by atoms with van der Waals surface area (Å²) in [5, 5.41) is 13.5. The van der Waals surface area contributed by atoms with E-state index in [1.807, 2.05) is 0 Å². The van der Waals surface area contributed by atoms with Gasteiger partial charge in [0, 0.05) is 36.7 Å². The first-order valence-electron chi connectivity index (χ1n) is 9.97. The Kier molecular flexibility index (Phi) is 5.94. The number of ether oxygens (including phenoxy) is 1. The second-order valence-corrected chi connectivity index (χ2v) is 9.02. The Labute approximate surface area is 193 Å². The van der Waals surface area contributed by atoms with E-state index in [1.165, 1.54) is 18.2 Å². The Morgan fingerprint density at radius 1 is 1.00 bits per heavy atom. The summed E-state index contributed by atoms with van der Waals surface area (Å²) < 4.78 is 37.2. The Morgan fingerprint density at radius 3 is 2.24 bits per heavy atom. The molecule has 2 aromatic rings. The van der Waals surface area contributed by atoms with Gasteiger partial charge in [-0.25, -0.2) is 0 Å². The lowest BCUT2D eigenvalue weighted by atomic mass is 9.97. The number of carbonyl (C=O) groups excluding carboxylic acids is 4. The average molecular weight is 485 g/mol. The number of imide groups is 1. The van der Waals surface area contributed by atoms with Gasteiger partial charge in [-0.2, -0.15) is 18.3 Å². The zero-order valence-corrected chi connectivity index (χ0v) is 18.2. The number of nitrogens with zero attached hydrogens (tertiary/aromatic N) is 1. The molecule has 4 rings (SSSR count). The fourth-order valence-corrected chi connectivity index (χ4v) is 4.51. The molecule has 0 saturated carbocycles. The van der Waals surface area contributed by atoms with Gasteiger partial charge >= 0.3 is 6.16 Å². The van der Waals surface area contributed by atoms with Gasteiger partial charge in [-0.3, -0.25) is 23.8 Å². The van der Waals surface area contributed by atoms with Crippen molar-refractivity contribution in [2.45, 2.75) is 17.2 Å². The van der Waals surface area contributed by atoms with Crippen molar-refractivity contribution in [1.82, 2.24) is 4.90 Å². The topological polar surface area (TPSA) is 167 Å². The number of hydrogen-bond donors (Lipinski definition) is 2. The maximum Gasteiger partial charge on any atom is 0.550 e. The molecule has 2 N–H and O–H groups in total. The van der Waals surface area contributed by atoms with Crippen molar-refractivity contribution >= 4 is 39.7 Å². The summed E-state index contributed by atoms with van der Waals surface area (Å²) in [5.74, 6) is -2.16. The first-order valence-corrected chi connectivity index (χ1v) is 11.4. The number of fused-ring (bicyclic) bond motifs is 3. The molecule has 1 radical (unpaired) electrons. The van der Waals surface area contributed by atoms with E-state index in [0.29, 0.717) is 27.9 Å². The van der Waals surface area contributed by atoms with Gasteiger partial charge in [0.25, 0.3) is 21.9 Å². The predicted molar refractivity (Wildman–Crippen MR) is 115 cm³/mol. The van der Waals surface area contributed by atoms with Gasteiger partial charge in [0.15, 0.2) is 0 Å². The average Bonchev–Trinajstić information content (AvgIpc) is 3.25. The van der Waals surface area contributed by atoms with E-state index < -0.39 is 39.9 Å². The molecular formula is C22H17N2O9S. The highest BCUT2D eigenvalue weighted by Crippen LogP contribution is 2.46. The summed E-state index contributed by atoms with van der Waals surface area (Å²) in [5.41, 5.74) is 2.64. The molecule has 34 heavy (non-hydrogen) atoms. The third kappa shape index (κ3) is 4.54. The molecule has 11 nitrogen and oxygen atoms in total. The molecule has 175 valence electrons. The smallest absolute Gasteiger partial charge is 0.431 e. The van der Waals surface area contributed by atoms with Crippen LogP contribution in [-0.2, 0) is 34.3 Å². The SMILES string of the molecule is [O]C(=O)OCC1c2cc(NC(=O)CCN3C(=O)C=CC3=O)ccc2-c2ccc(S(=O)(=O)O)cc21. The summed E-state index contributed by atoms with van der Waals surface area (Å²) in [4.78, 5) is 47.0. The van der Waals surface area contributed by atoms with Crippen LogP contribution in [0.5, 0.6) is 0 Å². The van der Waals surface area contributed by atoms with Crippen LogP contribution in [0.15, 0.2) is 53.4 Å². The summed E-state index contributed by atoms with van der Waals surface area (Å²) >= 11 is 0. The molecule has 12 heteroatoms. The number of benzene rings is 2. The molecule has 0 bridgehead atoms. The Morgan fingerprint density at radius 2 is 1.62 bits per heavy atom. The lowest BCUT2D eigenvalue weighted by Gasteiger charge is -2.15. The Hall–Kier alpha value is -4.03. The van der Waals surface area contributed by atoms with Crippen LogP contribution in [0.1, 0.15) is 23.5 Å². The highest BCUT2D eigenvalue weighted by molar-refractivity contribution is 7.85. The molecule has 0 aromatic heterocycles. The number of hydrogen-bond acceptors (Lipinski definition) is 7. The molecule has 1 aliphatic carbocycles. The number of carbonyl (C=O) groups is 4. The van der Waals surface area contributed by atoms with Crippen LogP contribution in [0, 0.1) is 0 Å². The van der Waals surface area contributed by atoms with Crippen molar-refractivity contribution < 1.29 is 42.0 Å². The zero-order chi connectivity index (χ0) is 24.6.